The van der Waals surface area contributed by atoms with Gasteiger partial charge in [-0.05, 0) is 18.6 Å². The van der Waals surface area contributed by atoms with Crippen molar-refractivity contribution in [2.45, 2.75) is 25.8 Å². The average molecular weight is 375 g/mol. The monoisotopic (exact) mass is 375 g/mol. The number of nitrogen functional groups attached to an aromatic ring is 1. The van der Waals surface area contributed by atoms with Gasteiger partial charge in [0, 0.05) is 13.3 Å². The summed E-state index contributed by atoms with van der Waals surface area (Å²) >= 11 is 0. The maximum Gasteiger partial charge on any atom is 0.308 e. The molecule has 2 aliphatic heterocycles. The van der Waals surface area contributed by atoms with Crippen LogP contribution in [0.5, 0.6) is 5.75 Å². The molecule has 0 saturated carbocycles. The standard InChI is InChI=1S/C17H17N3O7/c1-8(22)27-11-4-2-9-13(14(11)18)17(26)20(15(9)24)10-3-5-12(23)19(6-7-21)16(10)25/h2,4,10,21H,3,5-7,18H2,1H3. The first-order valence-electron chi connectivity index (χ1n) is 8.21. The summed E-state index contributed by atoms with van der Waals surface area (Å²) < 4.78 is 4.93. The normalized spacial score (nSPS) is 19.6. The van der Waals surface area contributed by atoms with E-state index in [4.69, 9.17) is 15.6 Å². The van der Waals surface area contributed by atoms with Gasteiger partial charge in [0.25, 0.3) is 17.7 Å². The number of hydrogen-bond donors (Lipinski definition) is 2. The zero-order chi connectivity index (χ0) is 19.9. The number of benzene rings is 1. The Balaban J connectivity index is 1.97. The molecule has 2 heterocycles. The van der Waals surface area contributed by atoms with Gasteiger partial charge in [0.05, 0.1) is 30.0 Å². The largest absolute Gasteiger partial charge is 0.424 e. The molecule has 0 aliphatic carbocycles. The quantitative estimate of drug-likeness (QED) is 0.304. The number of fused-ring (bicyclic) bond motifs is 1. The first kappa shape index (κ1) is 18.5. The van der Waals surface area contributed by atoms with Crippen LogP contribution in [0, 0.1) is 0 Å². The van der Waals surface area contributed by atoms with Crippen LogP contribution in [0.15, 0.2) is 12.1 Å². The SMILES string of the molecule is CC(=O)Oc1ccc2c(c1N)C(=O)N(C1CCC(=O)N(CCO)C1=O)C2=O. The van der Waals surface area contributed by atoms with Gasteiger partial charge in [0.15, 0.2) is 5.75 Å². The van der Waals surface area contributed by atoms with E-state index in [1.54, 1.807) is 0 Å². The van der Waals surface area contributed by atoms with E-state index >= 15 is 0 Å². The topological polar surface area (TPSA) is 147 Å². The lowest BCUT2D eigenvalue weighted by Gasteiger charge is -2.34. The molecule has 4 amide bonds. The number of carbonyl (C=O) groups is 5. The molecule has 2 aliphatic rings. The Morgan fingerprint density at radius 2 is 1.96 bits per heavy atom. The molecular formula is C17H17N3O7. The summed E-state index contributed by atoms with van der Waals surface area (Å²) in [4.78, 5) is 62.8. The van der Waals surface area contributed by atoms with E-state index < -0.39 is 42.2 Å². The minimum absolute atomic E-state index is 0.00758. The van der Waals surface area contributed by atoms with Gasteiger partial charge in [0.2, 0.25) is 5.91 Å². The molecule has 3 rings (SSSR count). The smallest absolute Gasteiger partial charge is 0.308 e. The number of rotatable bonds is 4. The van der Waals surface area contributed by atoms with Crippen molar-refractivity contribution in [3.63, 3.8) is 0 Å². The van der Waals surface area contributed by atoms with Crippen LogP contribution in [0.1, 0.15) is 40.5 Å². The fraction of sp³-hybridized carbons (Fsp3) is 0.353. The summed E-state index contributed by atoms with van der Waals surface area (Å²) in [6.07, 6.45) is -0.0558. The third-order valence-corrected chi connectivity index (χ3v) is 4.46. The van der Waals surface area contributed by atoms with Crippen LogP contribution in [-0.2, 0) is 14.4 Å². The number of esters is 1. The van der Waals surface area contributed by atoms with Crippen molar-refractivity contribution in [3.8, 4) is 5.75 Å². The highest BCUT2D eigenvalue weighted by Crippen LogP contribution is 2.36. The number of imide groups is 2. The summed E-state index contributed by atoms with van der Waals surface area (Å²) in [6.45, 7) is 0.528. The molecule has 1 atom stereocenters. The lowest BCUT2D eigenvalue weighted by Crippen LogP contribution is -2.56. The number of likely N-dealkylation sites (tertiary alicyclic amines) is 1. The van der Waals surface area contributed by atoms with E-state index in [9.17, 15) is 24.0 Å². The molecule has 1 fully saturated rings. The van der Waals surface area contributed by atoms with Crippen molar-refractivity contribution in [2.24, 2.45) is 0 Å². The molecule has 1 saturated heterocycles. The van der Waals surface area contributed by atoms with E-state index in [0.29, 0.717) is 0 Å². The molecule has 0 aromatic heterocycles. The van der Waals surface area contributed by atoms with Gasteiger partial charge >= 0.3 is 5.97 Å². The van der Waals surface area contributed by atoms with Crippen LogP contribution in [0.4, 0.5) is 5.69 Å². The Bertz CT molecular complexity index is 880. The van der Waals surface area contributed by atoms with Crippen LogP contribution >= 0.6 is 0 Å². The number of anilines is 1. The van der Waals surface area contributed by atoms with E-state index in [-0.39, 0.29) is 42.0 Å². The molecule has 1 unspecified atom stereocenters. The number of aliphatic hydroxyl groups is 1. The minimum atomic E-state index is -1.17. The zero-order valence-electron chi connectivity index (χ0n) is 14.4. The third kappa shape index (κ3) is 2.93. The zero-order valence-corrected chi connectivity index (χ0v) is 14.4. The Morgan fingerprint density at radius 3 is 2.59 bits per heavy atom. The highest BCUT2D eigenvalue weighted by atomic mass is 16.5. The number of amides is 4. The molecule has 142 valence electrons. The maximum atomic E-state index is 12.8. The van der Waals surface area contributed by atoms with Crippen molar-refractivity contribution < 1.29 is 33.8 Å². The van der Waals surface area contributed by atoms with Crippen LogP contribution in [0.25, 0.3) is 0 Å². The molecule has 1 aromatic rings. The Labute approximate surface area is 153 Å². The molecule has 10 nitrogen and oxygen atoms in total. The van der Waals surface area contributed by atoms with Gasteiger partial charge in [-0.3, -0.25) is 33.8 Å². The van der Waals surface area contributed by atoms with Crippen LogP contribution in [0.2, 0.25) is 0 Å². The lowest BCUT2D eigenvalue weighted by molar-refractivity contribution is -0.152. The lowest BCUT2D eigenvalue weighted by atomic mass is 10.0. The number of nitrogens with two attached hydrogens (primary N) is 1. The number of ether oxygens (including phenoxy) is 1. The summed E-state index contributed by atoms with van der Waals surface area (Å²) in [6, 6.07) is 1.43. The Hall–Kier alpha value is -3.27. The van der Waals surface area contributed by atoms with Gasteiger partial charge in [-0.25, -0.2) is 0 Å². The summed E-state index contributed by atoms with van der Waals surface area (Å²) in [5.74, 6) is -3.41. The van der Waals surface area contributed by atoms with Gasteiger partial charge in [-0.15, -0.1) is 0 Å². The molecule has 10 heteroatoms. The second-order valence-corrected chi connectivity index (χ2v) is 6.14. The van der Waals surface area contributed by atoms with E-state index in [1.807, 2.05) is 0 Å². The molecule has 0 bridgehead atoms. The fourth-order valence-electron chi connectivity index (χ4n) is 3.27. The van der Waals surface area contributed by atoms with Crippen molar-refractivity contribution in [1.29, 1.82) is 0 Å². The first-order chi connectivity index (χ1) is 12.8. The number of nitrogens with zero attached hydrogens (tertiary/aromatic N) is 2. The summed E-state index contributed by atoms with van der Waals surface area (Å²) in [7, 11) is 0. The number of carbonyl (C=O) groups excluding carboxylic acids is 5. The van der Waals surface area contributed by atoms with Gasteiger partial charge in [0.1, 0.15) is 6.04 Å². The van der Waals surface area contributed by atoms with Crippen LogP contribution < -0.4 is 10.5 Å². The molecule has 1 aromatic carbocycles. The van der Waals surface area contributed by atoms with Crippen LogP contribution in [-0.4, -0.2) is 63.7 Å². The Kier molecular flexibility index (Phi) is 4.66. The molecule has 3 N–H and O–H groups in total. The fourth-order valence-corrected chi connectivity index (χ4v) is 3.27. The average Bonchev–Trinajstić information content (AvgIpc) is 2.86. The molecule has 0 radical (unpaired) electrons. The summed E-state index contributed by atoms with van der Waals surface area (Å²) in [5, 5.41) is 9.04. The van der Waals surface area contributed by atoms with Gasteiger partial charge in [-0.1, -0.05) is 0 Å². The molecule has 27 heavy (non-hydrogen) atoms. The van der Waals surface area contributed by atoms with Crippen molar-refractivity contribution in [3.05, 3.63) is 23.3 Å². The predicted molar refractivity (Wildman–Crippen MR) is 89.5 cm³/mol. The highest BCUT2D eigenvalue weighted by Gasteiger charge is 2.48. The summed E-state index contributed by atoms with van der Waals surface area (Å²) in [5.41, 5.74) is 5.58. The number of hydrogen-bond acceptors (Lipinski definition) is 8. The van der Waals surface area contributed by atoms with Crippen LogP contribution in [0.3, 0.4) is 0 Å². The number of aliphatic hydroxyl groups excluding tert-OH is 1. The predicted octanol–water partition coefficient (Wildman–Crippen LogP) is -0.700. The second kappa shape index (κ2) is 6.80. The van der Waals surface area contributed by atoms with Gasteiger partial charge in [-0.2, -0.15) is 0 Å². The van der Waals surface area contributed by atoms with Crippen molar-refractivity contribution in [1.82, 2.24) is 9.80 Å². The van der Waals surface area contributed by atoms with E-state index in [0.717, 1.165) is 9.80 Å². The third-order valence-electron chi connectivity index (χ3n) is 4.46. The van der Waals surface area contributed by atoms with E-state index in [1.165, 1.54) is 19.1 Å². The maximum absolute atomic E-state index is 12.8. The van der Waals surface area contributed by atoms with Crippen molar-refractivity contribution >= 4 is 35.3 Å². The van der Waals surface area contributed by atoms with Gasteiger partial charge < -0.3 is 15.6 Å². The van der Waals surface area contributed by atoms with E-state index in [2.05, 4.69) is 0 Å². The van der Waals surface area contributed by atoms with Crippen molar-refractivity contribution in [2.75, 3.05) is 18.9 Å². The molecule has 0 spiro atoms. The second-order valence-electron chi connectivity index (χ2n) is 6.14. The molecular weight excluding hydrogens is 358 g/mol. The number of β-amino-alcohol motifs (C(OH)–C–C–N with tert-alkyl or cyclic N) is 1. The minimum Gasteiger partial charge on any atom is -0.424 e. The first-order valence-corrected chi connectivity index (χ1v) is 8.21. The Morgan fingerprint density at radius 1 is 1.26 bits per heavy atom. The highest BCUT2D eigenvalue weighted by molar-refractivity contribution is 6.25. The number of piperidine rings is 1.